The SMILES string of the molecule is COc1ccc(CNC(=S)NNC(=O)[C@@H](C)Oc2c(C)cc(Cl)cc2C)cc1. The highest BCUT2D eigenvalue weighted by molar-refractivity contribution is 7.80. The van der Waals surface area contributed by atoms with Gasteiger partial charge in [-0.1, -0.05) is 23.7 Å². The smallest absolute Gasteiger partial charge is 0.279 e. The van der Waals surface area contributed by atoms with Gasteiger partial charge in [0, 0.05) is 11.6 Å². The van der Waals surface area contributed by atoms with E-state index in [0.717, 1.165) is 22.4 Å². The van der Waals surface area contributed by atoms with E-state index in [0.29, 0.717) is 22.4 Å². The van der Waals surface area contributed by atoms with E-state index in [-0.39, 0.29) is 5.91 Å². The molecule has 3 N–H and O–H groups in total. The molecule has 0 aliphatic heterocycles. The average molecular weight is 422 g/mol. The molecule has 2 rings (SSSR count). The molecule has 150 valence electrons. The molecule has 0 spiro atoms. The minimum Gasteiger partial charge on any atom is -0.497 e. The van der Waals surface area contributed by atoms with Crippen LogP contribution in [0, 0.1) is 13.8 Å². The number of rotatable bonds is 6. The number of methoxy groups -OCH3 is 1. The van der Waals surface area contributed by atoms with Gasteiger partial charge in [0.05, 0.1) is 7.11 Å². The van der Waals surface area contributed by atoms with Crippen LogP contribution in [0.5, 0.6) is 11.5 Å². The summed E-state index contributed by atoms with van der Waals surface area (Å²) in [7, 11) is 1.62. The maximum Gasteiger partial charge on any atom is 0.279 e. The fourth-order valence-corrected chi connectivity index (χ4v) is 2.95. The summed E-state index contributed by atoms with van der Waals surface area (Å²) in [6.45, 7) is 5.95. The third-order valence-electron chi connectivity index (χ3n) is 4.00. The fraction of sp³-hybridized carbons (Fsp3) is 0.300. The number of halogens is 1. The average Bonchev–Trinajstić information content (AvgIpc) is 2.67. The van der Waals surface area contributed by atoms with Gasteiger partial charge in [0.2, 0.25) is 0 Å². The third kappa shape index (κ3) is 6.28. The number of carbonyl (C=O) groups excluding carboxylic acids is 1. The van der Waals surface area contributed by atoms with Crippen molar-refractivity contribution in [2.45, 2.75) is 33.4 Å². The molecule has 2 aromatic carbocycles. The van der Waals surface area contributed by atoms with Crippen molar-refractivity contribution in [3.05, 3.63) is 58.1 Å². The van der Waals surface area contributed by atoms with Gasteiger partial charge in [0.25, 0.3) is 5.91 Å². The van der Waals surface area contributed by atoms with Crippen LogP contribution in [-0.2, 0) is 11.3 Å². The van der Waals surface area contributed by atoms with Crippen molar-refractivity contribution >= 4 is 34.8 Å². The molecule has 0 saturated heterocycles. The summed E-state index contributed by atoms with van der Waals surface area (Å²) >= 11 is 11.2. The van der Waals surface area contributed by atoms with Crippen LogP contribution in [-0.4, -0.2) is 24.2 Å². The zero-order valence-corrected chi connectivity index (χ0v) is 17.8. The summed E-state index contributed by atoms with van der Waals surface area (Å²) in [6, 6.07) is 11.2. The first-order valence-electron chi connectivity index (χ1n) is 8.70. The Morgan fingerprint density at radius 3 is 2.32 bits per heavy atom. The molecule has 0 bridgehead atoms. The van der Waals surface area contributed by atoms with Crippen molar-refractivity contribution in [2.24, 2.45) is 0 Å². The molecule has 0 aliphatic rings. The molecule has 1 amide bonds. The number of hydrogen-bond donors (Lipinski definition) is 3. The number of benzene rings is 2. The lowest BCUT2D eigenvalue weighted by Gasteiger charge is -2.19. The molecule has 2 aromatic rings. The van der Waals surface area contributed by atoms with Gasteiger partial charge in [0.1, 0.15) is 11.5 Å². The number of aryl methyl sites for hydroxylation is 2. The van der Waals surface area contributed by atoms with Crippen LogP contribution in [0.4, 0.5) is 0 Å². The highest BCUT2D eigenvalue weighted by Crippen LogP contribution is 2.27. The van der Waals surface area contributed by atoms with Crippen molar-refractivity contribution in [3.8, 4) is 11.5 Å². The summed E-state index contributed by atoms with van der Waals surface area (Å²) in [5.74, 6) is 1.09. The minimum atomic E-state index is -0.713. The van der Waals surface area contributed by atoms with Crippen molar-refractivity contribution in [1.82, 2.24) is 16.2 Å². The van der Waals surface area contributed by atoms with Crippen molar-refractivity contribution in [2.75, 3.05) is 7.11 Å². The van der Waals surface area contributed by atoms with Gasteiger partial charge in [-0.2, -0.15) is 0 Å². The number of nitrogens with one attached hydrogen (secondary N) is 3. The van der Waals surface area contributed by atoms with Gasteiger partial charge >= 0.3 is 0 Å². The van der Waals surface area contributed by atoms with Crippen molar-refractivity contribution in [1.29, 1.82) is 0 Å². The number of amides is 1. The van der Waals surface area contributed by atoms with Crippen molar-refractivity contribution < 1.29 is 14.3 Å². The van der Waals surface area contributed by atoms with Gasteiger partial charge in [-0.15, -0.1) is 0 Å². The Morgan fingerprint density at radius 1 is 1.14 bits per heavy atom. The Kier molecular flexibility index (Phi) is 7.90. The number of carbonyl (C=O) groups is 1. The predicted octanol–water partition coefficient (Wildman–Crippen LogP) is 3.43. The quantitative estimate of drug-likeness (QED) is 0.490. The second-order valence-electron chi connectivity index (χ2n) is 6.27. The van der Waals surface area contributed by atoms with E-state index < -0.39 is 6.10 Å². The van der Waals surface area contributed by atoms with Gasteiger partial charge in [-0.05, 0) is 73.9 Å². The molecule has 0 fully saturated rings. The van der Waals surface area contributed by atoms with Crippen LogP contribution in [0.15, 0.2) is 36.4 Å². The maximum atomic E-state index is 12.3. The first-order valence-corrected chi connectivity index (χ1v) is 9.48. The second-order valence-corrected chi connectivity index (χ2v) is 7.12. The molecule has 0 unspecified atom stereocenters. The number of thiocarbonyl (C=S) groups is 1. The van der Waals surface area contributed by atoms with Crippen LogP contribution in [0.1, 0.15) is 23.6 Å². The third-order valence-corrected chi connectivity index (χ3v) is 4.46. The molecule has 6 nitrogen and oxygen atoms in total. The van der Waals surface area contributed by atoms with E-state index in [1.54, 1.807) is 26.2 Å². The molecule has 0 aromatic heterocycles. The highest BCUT2D eigenvalue weighted by Gasteiger charge is 2.17. The largest absolute Gasteiger partial charge is 0.497 e. The van der Waals surface area contributed by atoms with Crippen molar-refractivity contribution in [3.63, 3.8) is 0 Å². The Balaban J connectivity index is 1.79. The molecule has 0 aliphatic carbocycles. The summed E-state index contributed by atoms with van der Waals surface area (Å²) in [5.41, 5.74) is 7.99. The fourth-order valence-electron chi connectivity index (χ4n) is 2.50. The normalized spacial score (nSPS) is 11.3. The molecule has 0 heterocycles. The van der Waals surface area contributed by atoms with E-state index in [2.05, 4.69) is 16.2 Å². The lowest BCUT2D eigenvalue weighted by atomic mass is 10.1. The summed E-state index contributed by atoms with van der Waals surface area (Å²) in [6.07, 6.45) is -0.713. The Bertz CT molecular complexity index is 820. The zero-order chi connectivity index (χ0) is 20.7. The molecule has 28 heavy (non-hydrogen) atoms. The van der Waals surface area contributed by atoms with E-state index in [4.69, 9.17) is 33.3 Å². The number of hydrogen-bond acceptors (Lipinski definition) is 4. The highest BCUT2D eigenvalue weighted by atomic mass is 35.5. The van der Waals surface area contributed by atoms with Crippen LogP contribution in [0.25, 0.3) is 0 Å². The standard InChI is InChI=1S/C20H24ClN3O3S/c1-12-9-16(21)10-13(2)18(12)27-14(3)19(25)23-24-20(28)22-11-15-5-7-17(26-4)8-6-15/h5-10,14H,11H2,1-4H3,(H,23,25)(H2,22,24,28)/t14-/m1/s1. The number of ether oxygens (including phenoxy) is 2. The Morgan fingerprint density at radius 2 is 1.75 bits per heavy atom. The second kappa shape index (κ2) is 10.1. The minimum absolute atomic E-state index is 0.301. The van der Waals surface area contributed by atoms with Crippen LogP contribution in [0.3, 0.4) is 0 Å². The molecular formula is C20H24ClN3O3S. The van der Waals surface area contributed by atoms with Gasteiger partial charge in [-0.3, -0.25) is 15.6 Å². The van der Waals surface area contributed by atoms with Crippen LogP contribution >= 0.6 is 23.8 Å². The first kappa shape index (κ1) is 21.8. The van der Waals surface area contributed by atoms with E-state index in [9.17, 15) is 4.79 Å². The van der Waals surface area contributed by atoms with Gasteiger partial charge < -0.3 is 14.8 Å². The number of hydrazine groups is 1. The molecule has 0 saturated carbocycles. The van der Waals surface area contributed by atoms with E-state index in [1.165, 1.54) is 0 Å². The molecular weight excluding hydrogens is 398 g/mol. The molecule has 0 radical (unpaired) electrons. The predicted molar refractivity (Wildman–Crippen MR) is 115 cm³/mol. The lowest BCUT2D eigenvalue weighted by Crippen LogP contribution is -2.50. The topological polar surface area (TPSA) is 71.6 Å². The van der Waals surface area contributed by atoms with E-state index in [1.807, 2.05) is 38.1 Å². The summed E-state index contributed by atoms with van der Waals surface area (Å²) in [5, 5.41) is 3.95. The monoisotopic (exact) mass is 421 g/mol. The van der Waals surface area contributed by atoms with E-state index >= 15 is 0 Å². The van der Waals surface area contributed by atoms with Gasteiger partial charge in [-0.25, -0.2) is 0 Å². The summed E-state index contributed by atoms with van der Waals surface area (Å²) in [4.78, 5) is 12.3. The molecule has 1 atom stereocenters. The Hall–Kier alpha value is -2.51. The van der Waals surface area contributed by atoms with Gasteiger partial charge in [0.15, 0.2) is 11.2 Å². The maximum absolute atomic E-state index is 12.3. The molecule has 8 heteroatoms. The lowest BCUT2D eigenvalue weighted by molar-refractivity contribution is -0.127. The Labute approximate surface area is 175 Å². The first-order chi connectivity index (χ1) is 13.3. The van der Waals surface area contributed by atoms with Crippen LogP contribution in [0.2, 0.25) is 5.02 Å². The summed E-state index contributed by atoms with van der Waals surface area (Å²) < 4.78 is 10.9. The zero-order valence-electron chi connectivity index (χ0n) is 16.3. The van der Waals surface area contributed by atoms with Crippen LogP contribution < -0.4 is 25.6 Å².